The standard InChI is InChI=1S/C42H60N9O9.3BrH/c1-7-49(8-2,31-34-13-19-37(20-14-34)46(55)56)28-25-43-40(52)44(26-29-50(9-3,10-4)32-35-15-21-38(22-16-35)47(57)58)42(54)45(41(43)53)27-30-51(11-5,12-6)33-36-17-23-39(24-18-36)48(59)60;;;/h13-24H,7-12,25-33H2,1-6H3;3*1H/q+3;;;. The monoisotopic (exact) mass is 1070 g/mol. The summed E-state index contributed by atoms with van der Waals surface area (Å²) in [6.07, 6.45) is 0. The molecular weight excluding hydrogens is 1010 g/mol. The summed E-state index contributed by atoms with van der Waals surface area (Å²) in [7, 11) is 0. The molecule has 0 bridgehead atoms. The number of halogens is 3. The first-order chi connectivity index (χ1) is 28.5. The third kappa shape index (κ3) is 14.0. The summed E-state index contributed by atoms with van der Waals surface area (Å²) in [5.41, 5.74) is 0.511. The van der Waals surface area contributed by atoms with E-state index in [0.717, 1.165) is 16.7 Å². The molecule has 4 aromatic rings. The SMILES string of the molecule is Br.Br.Br.CC[N+](CC)(CCn1c(=O)n(CC[N+](CC)(CC)Cc2ccc([N+](=O)[O-])cc2)c(=O)n(CC[N+](CC)(CC)Cc2ccc([N+](=O)[O-])cc2)c1=O)Cc1ccc([N+](=O)[O-])cc1. The van der Waals surface area contributed by atoms with Gasteiger partial charge in [0.05, 0.1) is 93.3 Å². The van der Waals surface area contributed by atoms with Crippen molar-refractivity contribution >= 4 is 68.0 Å². The first-order valence-electron chi connectivity index (χ1n) is 20.7. The molecule has 0 fully saturated rings. The zero-order chi connectivity index (χ0) is 44.3. The number of rotatable bonds is 24. The predicted molar refractivity (Wildman–Crippen MR) is 259 cm³/mol. The second-order valence-corrected chi connectivity index (χ2v) is 15.6. The summed E-state index contributed by atoms with van der Waals surface area (Å²) in [5.74, 6) is 0. The van der Waals surface area contributed by atoms with Crippen molar-refractivity contribution in [2.45, 2.75) is 80.8 Å². The molecule has 0 N–H and O–H groups in total. The van der Waals surface area contributed by atoms with Crippen LogP contribution in [-0.4, -0.2) is 101 Å². The Morgan fingerprint density at radius 2 is 0.587 bits per heavy atom. The van der Waals surface area contributed by atoms with Crippen molar-refractivity contribution < 1.29 is 28.2 Å². The molecule has 0 amide bonds. The number of hydrogen-bond donors (Lipinski definition) is 0. The van der Waals surface area contributed by atoms with Gasteiger partial charge in [-0.1, -0.05) is 0 Å². The highest BCUT2D eigenvalue weighted by molar-refractivity contribution is 8.93. The van der Waals surface area contributed by atoms with Gasteiger partial charge in [0.1, 0.15) is 19.6 Å². The molecule has 21 heteroatoms. The zero-order valence-electron chi connectivity index (χ0n) is 37.0. The van der Waals surface area contributed by atoms with Crippen LogP contribution in [-0.2, 0) is 39.3 Å². The summed E-state index contributed by atoms with van der Waals surface area (Å²) < 4.78 is 4.93. The molecule has 0 radical (unpaired) electrons. The van der Waals surface area contributed by atoms with E-state index >= 15 is 0 Å². The molecular formula is C42H63Br3N9O9+3. The maximum absolute atomic E-state index is 14.4. The third-order valence-corrected chi connectivity index (χ3v) is 12.8. The molecule has 0 spiro atoms. The van der Waals surface area contributed by atoms with Crippen LogP contribution in [0.2, 0.25) is 0 Å². The smallest absolute Gasteiger partial charge is 0.319 e. The highest BCUT2D eigenvalue weighted by Crippen LogP contribution is 2.21. The Bertz CT molecular complexity index is 2000. The van der Waals surface area contributed by atoms with Gasteiger partial charge >= 0.3 is 17.1 Å². The molecule has 348 valence electrons. The molecule has 4 rings (SSSR count). The topological polar surface area (TPSA) is 195 Å². The Morgan fingerprint density at radius 3 is 0.746 bits per heavy atom. The van der Waals surface area contributed by atoms with Crippen LogP contribution in [0.1, 0.15) is 58.2 Å². The van der Waals surface area contributed by atoms with E-state index in [9.17, 15) is 44.7 Å². The first-order valence-corrected chi connectivity index (χ1v) is 20.7. The highest BCUT2D eigenvalue weighted by Gasteiger charge is 2.30. The van der Waals surface area contributed by atoms with E-state index in [4.69, 9.17) is 0 Å². The minimum absolute atomic E-state index is 0. The van der Waals surface area contributed by atoms with Gasteiger partial charge in [-0.3, -0.25) is 30.3 Å². The molecule has 0 saturated carbocycles. The molecule has 0 aliphatic rings. The van der Waals surface area contributed by atoms with Gasteiger partial charge in [0.15, 0.2) is 0 Å². The van der Waals surface area contributed by atoms with E-state index in [1.165, 1.54) is 50.1 Å². The van der Waals surface area contributed by atoms with E-state index in [1.807, 2.05) is 41.5 Å². The molecule has 0 aliphatic heterocycles. The van der Waals surface area contributed by atoms with Crippen LogP contribution in [0.25, 0.3) is 0 Å². The van der Waals surface area contributed by atoms with Gasteiger partial charge in [-0.05, 0) is 77.9 Å². The fourth-order valence-electron chi connectivity index (χ4n) is 8.05. The number of quaternary nitrogens is 3. The number of likely N-dealkylation sites (N-methyl/N-ethyl adjacent to an activating group) is 3. The molecule has 63 heavy (non-hydrogen) atoms. The first kappa shape index (κ1) is 56.6. The van der Waals surface area contributed by atoms with Crippen molar-refractivity contribution in [1.29, 1.82) is 0 Å². The zero-order valence-corrected chi connectivity index (χ0v) is 42.1. The number of aromatic nitrogens is 3. The van der Waals surface area contributed by atoms with Gasteiger partial charge in [-0.25, -0.2) is 28.1 Å². The van der Waals surface area contributed by atoms with E-state index in [1.54, 1.807) is 36.4 Å². The Hall–Kier alpha value is -4.41. The lowest BCUT2D eigenvalue weighted by atomic mass is 10.1. The van der Waals surface area contributed by atoms with Crippen molar-refractivity contribution in [2.24, 2.45) is 0 Å². The van der Waals surface area contributed by atoms with Gasteiger partial charge in [0.2, 0.25) is 0 Å². The molecule has 0 saturated heterocycles. The van der Waals surface area contributed by atoms with Crippen LogP contribution >= 0.6 is 50.9 Å². The fourth-order valence-corrected chi connectivity index (χ4v) is 8.05. The molecule has 1 heterocycles. The van der Waals surface area contributed by atoms with Gasteiger partial charge in [0.25, 0.3) is 17.1 Å². The Labute approximate surface area is 398 Å². The van der Waals surface area contributed by atoms with Crippen LogP contribution in [0, 0.1) is 30.3 Å². The van der Waals surface area contributed by atoms with Crippen LogP contribution in [0.15, 0.2) is 87.2 Å². The molecule has 3 aromatic carbocycles. The fraction of sp³-hybridized carbons (Fsp3) is 0.500. The van der Waals surface area contributed by atoms with Crippen LogP contribution in [0.4, 0.5) is 17.1 Å². The Kier molecular flexibility index (Phi) is 22.6. The van der Waals surface area contributed by atoms with Crippen LogP contribution in [0.3, 0.4) is 0 Å². The normalized spacial score (nSPS) is 11.5. The minimum Gasteiger partial charge on any atom is -0.319 e. The number of hydrogen-bond acceptors (Lipinski definition) is 9. The summed E-state index contributed by atoms with van der Waals surface area (Å²) in [6.45, 7) is 18.8. The number of non-ortho nitro benzene ring substituents is 3. The number of benzene rings is 3. The molecule has 1 aromatic heterocycles. The molecule has 0 unspecified atom stereocenters. The van der Waals surface area contributed by atoms with Crippen molar-refractivity contribution in [1.82, 2.24) is 13.7 Å². The number of nitro benzene ring substituents is 3. The lowest BCUT2D eigenvalue weighted by Crippen LogP contribution is -2.59. The largest absolute Gasteiger partial charge is 0.336 e. The Balaban J connectivity index is 0.00000661. The van der Waals surface area contributed by atoms with E-state index in [2.05, 4.69) is 0 Å². The van der Waals surface area contributed by atoms with Crippen LogP contribution in [0.5, 0.6) is 0 Å². The summed E-state index contributed by atoms with van der Waals surface area (Å²) in [5, 5.41) is 33.8. The van der Waals surface area contributed by atoms with Crippen molar-refractivity contribution in [3.05, 3.63) is 151 Å². The van der Waals surface area contributed by atoms with Gasteiger partial charge in [-0.15, -0.1) is 50.9 Å². The molecule has 0 atom stereocenters. The average molecular weight is 1080 g/mol. The van der Waals surface area contributed by atoms with Gasteiger partial charge in [0, 0.05) is 53.1 Å². The second kappa shape index (κ2) is 25.2. The van der Waals surface area contributed by atoms with Gasteiger partial charge < -0.3 is 13.4 Å². The predicted octanol–water partition coefficient (Wildman–Crippen LogP) is 6.80. The quantitative estimate of drug-likeness (QED) is 0.0412. The van der Waals surface area contributed by atoms with Crippen LogP contribution < -0.4 is 17.1 Å². The summed E-state index contributed by atoms with van der Waals surface area (Å²) in [6, 6.07) is 19.1. The van der Waals surface area contributed by atoms with Crippen molar-refractivity contribution in [3.63, 3.8) is 0 Å². The average Bonchev–Trinajstić information content (AvgIpc) is 3.25. The van der Waals surface area contributed by atoms with Crippen molar-refractivity contribution in [3.8, 4) is 0 Å². The molecule has 0 aliphatic carbocycles. The maximum atomic E-state index is 14.4. The molecule has 18 nitrogen and oxygen atoms in total. The summed E-state index contributed by atoms with van der Waals surface area (Å²) in [4.78, 5) is 75.8. The lowest BCUT2D eigenvalue weighted by Gasteiger charge is -2.38. The third-order valence-electron chi connectivity index (χ3n) is 12.8. The van der Waals surface area contributed by atoms with Gasteiger partial charge in [-0.2, -0.15) is 0 Å². The minimum atomic E-state index is -0.694. The van der Waals surface area contributed by atoms with E-state index < -0.39 is 31.8 Å². The van der Waals surface area contributed by atoms with E-state index in [0.29, 0.717) is 92.0 Å². The number of nitro groups is 3. The summed E-state index contributed by atoms with van der Waals surface area (Å²) >= 11 is 0. The highest BCUT2D eigenvalue weighted by atomic mass is 79.9. The number of nitrogens with zero attached hydrogens (tertiary/aromatic N) is 9. The Morgan fingerprint density at radius 1 is 0.397 bits per heavy atom. The maximum Gasteiger partial charge on any atom is 0.336 e. The lowest BCUT2D eigenvalue weighted by molar-refractivity contribution is -0.938. The van der Waals surface area contributed by atoms with Crippen molar-refractivity contribution in [2.75, 3.05) is 58.9 Å². The second-order valence-electron chi connectivity index (χ2n) is 15.6. The van der Waals surface area contributed by atoms with E-state index in [-0.39, 0.29) is 87.6 Å².